The fourth-order valence-electron chi connectivity index (χ4n) is 2.34. The zero-order valence-corrected chi connectivity index (χ0v) is 18.7. The molecule has 0 fully saturated rings. The van der Waals surface area contributed by atoms with Gasteiger partial charge in [0.2, 0.25) is 0 Å². The van der Waals surface area contributed by atoms with E-state index in [9.17, 15) is 0 Å². The summed E-state index contributed by atoms with van der Waals surface area (Å²) in [6, 6.07) is 10.5. The summed E-state index contributed by atoms with van der Waals surface area (Å²) in [6.07, 6.45) is 0.994. The maximum Gasteiger partial charge on any atom is 0.191 e. The Morgan fingerprint density at radius 1 is 1.19 bits per heavy atom. The van der Waals surface area contributed by atoms with Crippen molar-refractivity contribution in [3.63, 3.8) is 0 Å². The van der Waals surface area contributed by atoms with Gasteiger partial charge in [-0.1, -0.05) is 18.2 Å². The first-order chi connectivity index (χ1) is 12.2. The molecule has 0 amide bonds. The van der Waals surface area contributed by atoms with Crippen molar-refractivity contribution >= 4 is 41.3 Å². The summed E-state index contributed by atoms with van der Waals surface area (Å²) in [6.45, 7) is 4.69. The summed E-state index contributed by atoms with van der Waals surface area (Å²) in [5.74, 6) is 1.68. The lowest BCUT2D eigenvalue weighted by molar-refractivity contribution is 0.145. The van der Waals surface area contributed by atoms with Gasteiger partial charge in [-0.25, -0.2) is 0 Å². The minimum Gasteiger partial charge on any atom is -0.491 e. The topological polar surface area (TPSA) is 54.9 Å². The fraction of sp³-hybridized carbons (Fsp3) is 0.421. The van der Waals surface area contributed by atoms with Crippen molar-refractivity contribution < 1.29 is 9.47 Å². The first-order valence-corrected chi connectivity index (χ1v) is 9.29. The second kappa shape index (κ2) is 12.9. The number of ether oxygens (including phenoxy) is 2. The summed E-state index contributed by atoms with van der Waals surface area (Å²) in [5, 5.41) is 8.80. The number of methoxy groups -OCH3 is 1. The fourth-order valence-corrected chi connectivity index (χ4v) is 3.04. The SMILES string of the molecule is CN=C(NCCc1cccs1)NCc1ccc(C)cc1OCCOC.I. The van der Waals surface area contributed by atoms with Gasteiger partial charge in [-0.3, -0.25) is 4.99 Å². The molecule has 2 rings (SSSR count). The van der Waals surface area contributed by atoms with Crippen LogP contribution in [0.3, 0.4) is 0 Å². The van der Waals surface area contributed by atoms with Crippen LogP contribution >= 0.6 is 35.3 Å². The third-order valence-corrected chi connectivity index (χ3v) is 4.62. The standard InChI is InChI=1S/C19H27N3O2S.HI/c1-15-6-7-16(18(13-15)24-11-10-23-3)14-22-19(20-2)21-9-8-17-5-4-12-25-17;/h4-7,12-13H,8-11,14H2,1-3H3,(H2,20,21,22);1H. The van der Waals surface area contributed by atoms with Crippen LogP contribution in [0.1, 0.15) is 16.0 Å². The molecule has 0 unspecified atom stereocenters. The first-order valence-electron chi connectivity index (χ1n) is 8.41. The molecule has 0 saturated carbocycles. The average Bonchev–Trinajstić information content (AvgIpc) is 3.13. The number of aryl methyl sites for hydroxylation is 1. The molecular weight excluding hydrogens is 461 g/mol. The molecule has 26 heavy (non-hydrogen) atoms. The molecule has 144 valence electrons. The molecule has 0 bridgehead atoms. The molecule has 0 spiro atoms. The van der Waals surface area contributed by atoms with Gasteiger partial charge in [-0.05, 0) is 36.4 Å². The Morgan fingerprint density at radius 2 is 2.04 bits per heavy atom. The van der Waals surface area contributed by atoms with E-state index in [0.717, 1.165) is 30.2 Å². The Morgan fingerprint density at radius 3 is 2.73 bits per heavy atom. The molecule has 0 saturated heterocycles. The highest BCUT2D eigenvalue weighted by atomic mass is 127. The van der Waals surface area contributed by atoms with Gasteiger partial charge in [0.25, 0.3) is 0 Å². The lowest BCUT2D eigenvalue weighted by atomic mass is 10.1. The maximum absolute atomic E-state index is 5.83. The highest BCUT2D eigenvalue weighted by Gasteiger charge is 2.06. The average molecular weight is 489 g/mol. The molecule has 0 aliphatic carbocycles. The van der Waals surface area contributed by atoms with Crippen LogP contribution in [-0.2, 0) is 17.7 Å². The smallest absolute Gasteiger partial charge is 0.191 e. The van der Waals surface area contributed by atoms with Crippen molar-refractivity contribution in [2.45, 2.75) is 19.9 Å². The number of rotatable bonds is 9. The molecule has 2 N–H and O–H groups in total. The van der Waals surface area contributed by atoms with Crippen molar-refractivity contribution in [3.8, 4) is 5.75 Å². The van der Waals surface area contributed by atoms with Crippen LogP contribution in [0.4, 0.5) is 0 Å². The lowest BCUT2D eigenvalue weighted by Gasteiger charge is -2.15. The van der Waals surface area contributed by atoms with Crippen LogP contribution in [0, 0.1) is 6.92 Å². The number of guanidine groups is 1. The molecule has 1 aromatic heterocycles. The second-order valence-corrected chi connectivity index (χ2v) is 6.67. The zero-order chi connectivity index (χ0) is 17.9. The van der Waals surface area contributed by atoms with Crippen molar-refractivity contribution in [2.75, 3.05) is 33.9 Å². The predicted octanol–water partition coefficient (Wildman–Crippen LogP) is 3.61. The van der Waals surface area contributed by atoms with Crippen LogP contribution in [0.5, 0.6) is 5.75 Å². The Kier molecular flexibility index (Phi) is 11.3. The van der Waals surface area contributed by atoms with Gasteiger partial charge in [-0.15, -0.1) is 35.3 Å². The van der Waals surface area contributed by atoms with Crippen LogP contribution < -0.4 is 15.4 Å². The number of nitrogens with zero attached hydrogens (tertiary/aromatic N) is 1. The Bertz CT molecular complexity index is 663. The molecule has 1 aromatic carbocycles. The normalized spacial score (nSPS) is 11.0. The zero-order valence-electron chi connectivity index (χ0n) is 15.6. The van der Waals surface area contributed by atoms with Crippen LogP contribution in [0.2, 0.25) is 0 Å². The van der Waals surface area contributed by atoms with E-state index in [1.165, 1.54) is 10.4 Å². The van der Waals surface area contributed by atoms with Crippen molar-refractivity contribution in [3.05, 3.63) is 51.7 Å². The minimum atomic E-state index is 0. The van der Waals surface area contributed by atoms with Crippen LogP contribution in [0.15, 0.2) is 40.7 Å². The number of hydrogen-bond acceptors (Lipinski definition) is 4. The number of thiophene rings is 1. The summed E-state index contributed by atoms with van der Waals surface area (Å²) < 4.78 is 10.9. The maximum atomic E-state index is 5.83. The van der Waals surface area contributed by atoms with Gasteiger partial charge in [0.05, 0.1) is 6.61 Å². The lowest BCUT2D eigenvalue weighted by Crippen LogP contribution is -2.37. The van der Waals surface area contributed by atoms with Gasteiger partial charge in [0, 0.05) is 37.7 Å². The molecular formula is C19H28IN3O2S. The predicted molar refractivity (Wildman–Crippen MR) is 120 cm³/mol. The van der Waals surface area contributed by atoms with E-state index in [1.54, 1.807) is 25.5 Å². The minimum absolute atomic E-state index is 0. The van der Waals surface area contributed by atoms with Gasteiger partial charge >= 0.3 is 0 Å². The van der Waals surface area contributed by atoms with E-state index in [2.05, 4.69) is 58.3 Å². The number of nitrogens with one attached hydrogen (secondary N) is 2. The Balaban J connectivity index is 0.00000338. The first kappa shape index (κ1) is 22.7. The summed E-state index contributed by atoms with van der Waals surface area (Å²) in [7, 11) is 3.46. The monoisotopic (exact) mass is 489 g/mol. The molecule has 0 atom stereocenters. The van der Waals surface area contributed by atoms with Gasteiger partial charge < -0.3 is 20.1 Å². The third-order valence-electron chi connectivity index (χ3n) is 3.68. The van der Waals surface area contributed by atoms with Crippen molar-refractivity contribution in [1.29, 1.82) is 0 Å². The molecule has 1 heterocycles. The summed E-state index contributed by atoms with van der Waals surface area (Å²) in [4.78, 5) is 5.65. The van der Waals surface area contributed by atoms with E-state index < -0.39 is 0 Å². The largest absolute Gasteiger partial charge is 0.491 e. The van der Waals surface area contributed by atoms with Crippen LogP contribution in [-0.4, -0.2) is 39.9 Å². The molecule has 2 aromatic rings. The summed E-state index contributed by atoms with van der Waals surface area (Å²) in [5.41, 5.74) is 2.28. The van der Waals surface area contributed by atoms with E-state index in [4.69, 9.17) is 9.47 Å². The van der Waals surface area contributed by atoms with E-state index in [-0.39, 0.29) is 24.0 Å². The number of benzene rings is 1. The van der Waals surface area contributed by atoms with Crippen LogP contribution in [0.25, 0.3) is 0 Å². The van der Waals surface area contributed by atoms with Gasteiger partial charge in [0.15, 0.2) is 5.96 Å². The van der Waals surface area contributed by atoms with Gasteiger partial charge in [-0.2, -0.15) is 0 Å². The van der Waals surface area contributed by atoms with Crippen molar-refractivity contribution in [1.82, 2.24) is 10.6 Å². The number of hydrogen-bond donors (Lipinski definition) is 2. The molecule has 7 heteroatoms. The van der Waals surface area contributed by atoms with E-state index in [0.29, 0.717) is 19.8 Å². The highest BCUT2D eigenvalue weighted by Crippen LogP contribution is 2.20. The van der Waals surface area contributed by atoms with Crippen molar-refractivity contribution in [2.24, 2.45) is 4.99 Å². The second-order valence-electron chi connectivity index (χ2n) is 5.63. The molecule has 0 aliphatic rings. The quantitative estimate of drug-likeness (QED) is 0.245. The number of halogens is 1. The third kappa shape index (κ3) is 7.92. The van der Waals surface area contributed by atoms with E-state index >= 15 is 0 Å². The van der Waals surface area contributed by atoms with E-state index in [1.807, 2.05) is 0 Å². The highest BCUT2D eigenvalue weighted by molar-refractivity contribution is 14.0. The molecule has 0 radical (unpaired) electrons. The Labute approximate surface area is 177 Å². The molecule has 0 aliphatic heterocycles. The van der Waals surface area contributed by atoms with Gasteiger partial charge in [0.1, 0.15) is 12.4 Å². The molecule has 5 nitrogen and oxygen atoms in total. The summed E-state index contributed by atoms with van der Waals surface area (Å²) >= 11 is 1.78. The Hall–Kier alpha value is -1.32. The number of aliphatic imine (C=N–C) groups is 1.